The van der Waals surface area contributed by atoms with Crippen LogP contribution in [-0.4, -0.2) is 37.0 Å². The van der Waals surface area contributed by atoms with Crippen LogP contribution >= 0.6 is 12.4 Å². The fourth-order valence-corrected chi connectivity index (χ4v) is 1.67. The maximum Gasteiger partial charge on any atom is 0.236 e. The number of hydrogen-bond donors (Lipinski definition) is 1. The van der Waals surface area contributed by atoms with Crippen molar-refractivity contribution >= 4 is 18.3 Å². The Morgan fingerprint density at radius 3 is 2.50 bits per heavy atom. The Hall–Kier alpha value is -0.280. The molecule has 1 rings (SSSR count). The summed E-state index contributed by atoms with van der Waals surface area (Å²) in [5, 5.41) is 3.24. The van der Waals surface area contributed by atoms with Crippen molar-refractivity contribution in [1.82, 2.24) is 10.2 Å². The van der Waals surface area contributed by atoms with Gasteiger partial charge in [0.05, 0.1) is 6.54 Å². The van der Waals surface area contributed by atoms with E-state index in [9.17, 15) is 4.79 Å². The van der Waals surface area contributed by atoms with Gasteiger partial charge in [-0.3, -0.25) is 4.79 Å². The Morgan fingerprint density at radius 1 is 1.44 bits per heavy atom. The summed E-state index contributed by atoms with van der Waals surface area (Å²) < 4.78 is 0. The van der Waals surface area contributed by atoms with E-state index in [-0.39, 0.29) is 18.3 Å². The van der Waals surface area contributed by atoms with Gasteiger partial charge >= 0.3 is 0 Å². The summed E-state index contributed by atoms with van der Waals surface area (Å²) in [6, 6.07) is 0. The topological polar surface area (TPSA) is 32.3 Å². The van der Waals surface area contributed by atoms with E-state index in [1.54, 1.807) is 0 Å². The van der Waals surface area contributed by atoms with Crippen molar-refractivity contribution in [3.63, 3.8) is 0 Å². The molecule has 1 aliphatic carbocycles. The average molecular weight is 249 g/mol. The smallest absolute Gasteiger partial charge is 0.236 e. The van der Waals surface area contributed by atoms with Crippen molar-refractivity contribution in [2.24, 2.45) is 11.8 Å². The molecule has 0 radical (unpaired) electrons. The zero-order valence-corrected chi connectivity index (χ0v) is 11.5. The van der Waals surface area contributed by atoms with Gasteiger partial charge in [-0.2, -0.15) is 0 Å². The van der Waals surface area contributed by atoms with Gasteiger partial charge in [0.2, 0.25) is 5.91 Å². The lowest BCUT2D eigenvalue weighted by molar-refractivity contribution is -0.130. The van der Waals surface area contributed by atoms with Gasteiger partial charge in [-0.1, -0.05) is 13.8 Å². The number of likely N-dealkylation sites (N-methyl/N-ethyl adjacent to an activating group) is 1. The van der Waals surface area contributed by atoms with Gasteiger partial charge in [0.1, 0.15) is 0 Å². The number of carbonyl (C=O) groups excluding carboxylic acids is 1. The zero-order valence-electron chi connectivity index (χ0n) is 10.7. The lowest BCUT2D eigenvalue weighted by Crippen LogP contribution is -2.40. The quantitative estimate of drug-likeness (QED) is 0.747. The second-order valence-electron chi connectivity index (χ2n) is 4.90. The van der Waals surface area contributed by atoms with Crippen LogP contribution in [0.2, 0.25) is 0 Å². The number of nitrogens with one attached hydrogen (secondary N) is 1. The standard InChI is InChI=1S/C12H24N2O.ClH/c1-4-14(9-10(2)3)12(15)8-13-7-11-5-6-11;/h10-11,13H,4-9H2,1-3H3;1H. The minimum absolute atomic E-state index is 0. The Bertz CT molecular complexity index is 205. The normalized spacial score (nSPS) is 14.8. The van der Waals surface area contributed by atoms with E-state index in [1.165, 1.54) is 12.8 Å². The molecule has 3 nitrogen and oxygen atoms in total. The van der Waals surface area contributed by atoms with Crippen LogP contribution in [0.4, 0.5) is 0 Å². The first-order valence-electron chi connectivity index (χ1n) is 6.12. The molecule has 0 aromatic carbocycles. The van der Waals surface area contributed by atoms with Crippen molar-refractivity contribution in [2.75, 3.05) is 26.2 Å². The molecule has 0 bridgehead atoms. The van der Waals surface area contributed by atoms with Crippen LogP contribution in [-0.2, 0) is 4.79 Å². The number of hydrogen-bond acceptors (Lipinski definition) is 2. The van der Waals surface area contributed by atoms with Crippen LogP contribution in [0.5, 0.6) is 0 Å². The fraction of sp³-hybridized carbons (Fsp3) is 0.917. The lowest BCUT2D eigenvalue weighted by atomic mass is 10.2. The second kappa shape index (κ2) is 7.91. The van der Waals surface area contributed by atoms with Crippen LogP contribution in [0.25, 0.3) is 0 Å². The Labute approximate surface area is 105 Å². The summed E-state index contributed by atoms with van der Waals surface area (Å²) in [4.78, 5) is 13.7. The first-order chi connectivity index (χ1) is 7.13. The van der Waals surface area contributed by atoms with Crippen molar-refractivity contribution < 1.29 is 4.79 Å². The molecule has 0 aromatic heterocycles. The molecule has 1 N–H and O–H groups in total. The minimum atomic E-state index is 0. The third-order valence-electron chi connectivity index (χ3n) is 2.73. The van der Waals surface area contributed by atoms with E-state index in [0.717, 1.165) is 25.6 Å². The second-order valence-corrected chi connectivity index (χ2v) is 4.90. The van der Waals surface area contributed by atoms with Gasteiger partial charge in [-0.05, 0) is 38.1 Å². The lowest BCUT2D eigenvalue weighted by Gasteiger charge is -2.23. The molecule has 1 amide bonds. The summed E-state index contributed by atoms with van der Waals surface area (Å²) in [6.45, 7) is 9.56. The monoisotopic (exact) mass is 248 g/mol. The number of halogens is 1. The van der Waals surface area contributed by atoms with Crippen LogP contribution in [0.15, 0.2) is 0 Å². The van der Waals surface area contributed by atoms with Gasteiger partial charge in [0, 0.05) is 13.1 Å². The summed E-state index contributed by atoms with van der Waals surface area (Å²) >= 11 is 0. The fourth-order valence-electron chi connectivity index (χ4n) is 1.67. The van der Waals surface area contributed by atoms with Crippen LogP contribution in [0.1, 0.15) is 33.6 Å². The Balaban J connectivity index is 0.00000225. The summed E-state index contributed by atoms with van der Waals surface area (Å²) in [6.07, 6.45) is 2.68. The molecule has 0 aromatic rings. The molecule has 1 fully saturated rings. The SMILES string of the molecule is CCN(CC(C)C)C(=O)CNCC1CC1.Cl. The molecule has 16 heavy (non-hydrogen) atoms. The third-order valence-corrected chi connectivity index (χ3v) is 2.73. The minimum Gasteiger partial charge on any atom is -0.342 e. The van der Waals surface area contributed by atoms with E-state index in [2.05, 4.69) is 19.2 Å². The molecular weight excluding hydrogens is 224 g/mol. The van der Waals surface area contributed by atoms with Gasteiger partial charge in [-0.15, -0.1) is 12.4 Å². The van der Waals surface area contributed by atoms with Gasteiger partial charge < -0.3 is 10.2 Å². The molecule has 1 saturated carbocycles. The van der Waals surface area contributed by atoms with E-state index < -0.39 is 0 Å². The van der Waals surface area contributed by atoms with E-state index in [1.807, 2.05) is 11.8 Å². The highest BCUT2D eigenvalue weighted by atomic mass is 35.5. The van der Waals surface area contributed by atoms with Gasteiger partial charge in [-0.25, -0.2) is 0 Å². The number of rotatable bonds is 7. The number of amides is 1. The van der Waals surface area contributed by atoms with Crippen molar-refractivity contribution in [1.29, 1.82) is 0 Å². The summed E-state index contributed by atoms with van der Waals surface area (Å²) in [7, 11) is 0. The number of nitrogens with zero attached hydrogens (tertiary/aromatic N) is 1. The largest absolute Gasteiger partial charge is 0.342 e. The predicted molar refractivity (Wildman–Crippen MR) is 69.9 cm³/mol. The van der Waals surface area contributed by atoms with Gasteiger partial charge in [0.25, 0.3) is 0 Å². The molecule has 0 unspecified atom stereocenters. The van der Waals surface area contributed by atoms with E-state index >= 15 is 0 Å². The van der Waals surface area contributed by atoms with E-state index in [0.29, 0.717) is 12.5 Å². The molecule has 1 aliphatic rings. The first-order valence-corrected chi connectivity index (χ1v) is 6.12. The van der Waals surface area contributed by atoms with Crippen LogP contribution in [0, 0.1) is 11.8 Å². The zero-order chi connectivity index (χ0) is 11.3. The Morgan fingerprint density at radius 2 is 2.06 bits per heavy atom. The highest BCUT2D eigenvalue weighted by Gasteiger charge is 2.21. The molecule has 0 aliphatic heterocycles. The maximum absolute atomic E-state index is 11.8. The van der Waals surface area contributed by atoms with Crippen molar-refractivity contribution in [3.05, 3.63) is 0 Å². The Kier molecular flexibility index (Phi) is 7.77. The van der Waals surface area contributed by atoms with E-state index in [4.69, 9.17) is 0 Å². The maximum atomic E-state index is 11.8. The molecule has 4 heteroatoms. The predicted octanol–water partition coefficient (Wildman–Crippen LogP) is 1.91. The highest BCUT2D eigenvalue weighted by Crippen LogP contribution is 2.27. The summed E-state index contributed by atoms with van der Waals surface area (Å²) in [5.74, 6) is 1.64. The van der Waals surface area contributed by atoms with Crippen LogP contribution < -0.4 is 5.32 Å². The number of carbonyl (C=O) groups is 1. The molecule has 0 spiro atoms. The van der Waals surface area contributed by atoms with Crippen molar-refractivity contribution in [3.8, 4) is 0 Å². The van der Waals surface area contributed by atoms with Crippen LogP contribution in [0.3, 0.4) is 0 Å². The van der Waals surface area contributed by atoms with Crippen molar-refractivity contribution in [2.45, 2.75) is 33.6 Å². The summed E-state index contributed by atoms with van der Waals surface area (Å²) in [5.41, 5.74) is 0. The molecule has 0 saturated heterocycles. The molecule has 0 atom stereocenters. The molecule has 0 heterocycles. The first kappa shape index (κ1) is 15.7. The van der Waals surface area contributed by atoms with Gasteiger partial charge in [0.15, 0.2) is 0 Å². The average Bonchev–Trinajstić information content (AvgIpc) is 2.97. The third kappa shape index (κ3) is 6.33. The molecule has 96 valence electrons. The molecular formula is C12H25ClN2O. The highest BCUT2D eigenvalue weighted by molar-refractivity contribution is 5.85.